The molecule has 3 aliphatic heterocycles. The zero-order chi connectivity index (χ0) is 26.8. The first-order valence-corrected chi connectivity index (χ1v) is 14.7. The van der Waals surface area contributed by atoms with E-state index in [4.69, 9.17) is 9.47 Å². The minimum atomic E-state index is -1.06. The number of hydrogen-bond donors (Lipinski definition) is 2. The number of fused-ring (bicyclic) bond motifs is 2. The molecule has 39 heavy (non-hydrogen) atoms. The Balaban J connectivity index is 1.11. The zero-order valence-electron chi connectivity index (χ0n) is 22.7. The van der Waals surface area contributed by atoms with Crippen LogP contribution in [-0.4, -0.2) is 67.9 Å². The summed E-state index contributed by atoms with van der Waals surface area (Å²) in [6.45, 7) is 4.84. The van der Waals surface area contributed by atoms with E-state index in [0.29, 0.717) is 37.5 Å². The molecular formula is C31H40FN3O4. The molecule has 2 fully saturated rings. The highest BCUT2D eigenvalue weighted by atomic mass is 19.1. The number of nitrogens with zero attached hydrogens (tertiary/aromatic N) is 2. The second kappa shape index (κ2) is 11.7. The van der Waals surface area contributed by atoms with E-state index in [-0.39, 0.29) is 17.6 Å². The highest BCUT2D eigenvalue weighted by Crippen LogP contribution is 2.37. The summed E-state index contributed by atoms with van der Waals surface area (Å²) < 4.78 is 25.7. The summed E-state index contributed by atoms with van der Waals surface area (Å²) in [5.41, 5.74) is 4.62. The van der Waals surface area contributed by atoms with Gasteiger partial charge in [-0.25, -0.2) is 4.39 Å². The Morgan fingerprint density at radius 1 is 1.03 bits per heavy atom. The number of likely N-dealkylation sites (tertiary alicyclic amines) is 1. The van der Waals surface area contributed by atoms with Gasteiger partial charge in [-0.2, -0.15) is 0 Å². The molecule has 0 saturated carbocycles. The van der Waals surface area contributed by atoms with Crippen LogP contribution in [0.2, 0.25) is 0 Å². The van der Waals surface area contributed by atoms with Crippen LogP contribution < -0.4 is 19.7 Å². The zero-order valence-corrected chi connectivity index (χ0v) is 22.7. The van der Waals surface area contributed by atoms with E-state index in [1.54, 1.807) is 6.07 Å². The van der Waals surface area contributed by atoms with Crippen molar-refractivity contribution in [1.82, 2.24) is 10.2 Å². The predicted molar refractivity (Wildman–Crippen MR) is 148 cm³/mol. The number of carbonyl (C=O) groups is 1. The number of rotatable bonds is 8. The summed E-state index contributed by atoms with van der Waals surface area (Å²) in [5.74, 6) is 0.0310. The highest BCUT2D eigenvalue weighted by Gasteiger charge is 2.31. The summed E-state index contributed by atoms with van der Waals surface area (Å²) in [7, 11) is 0. The van der Waals surface area contributed by atoms with Crippen LogP contribution in [0.3, 0.4) is 0 Å². The van der Waals surface area contributed by atoms with Gasteiger partial charge in [-0.15, -0.1) is 0 Å². The van der Waals surface area contributed by atoms with Gasteiger partial charge in [0, 0.05) is 31.7 Å². The van der Waals surface area contributed by atoms with Crippen LogP contribution in [0.25, 0.3) is 0 Å². The Hall–Kier alpha value is -2.84. The minimum absolute atomic E-state index is 0.0615. The van der Waals surface area contributed by atoms with Crippen molar-refractivity contribution in [3.05, 3.63) is 52.8 Å². The fourth-order valence-electron chi connectivity index (χ4n) is 6.68. The quantitative estimate of drug-likeness (QED) is 0.530. The number of hydrogen-bond acceptors (Lipinski definition) is 6. The van der Waals surface area contributed by atoms with Gasteiger partial charge in [0.15, 0.2) is 17.3 Å². The molecule has 2 aromatic rings. The largest absolute Gasteiger partial charge is 0.486 e. The second-order valence-corrected chi connectivity index (χ2v) is 11.6. The molecule has 210 valence electrons. The molecule has 2 aromatic carbocycles. The molecule has 3 unspecified atom stereocenters. The van der Waals surface area contributed by atoms with Crippen molar-refractivity contribution in [2.45, 2.75) is 63.5 Å². The maximum atomic E-state index is 14.7. The van der Waals surface area contributed by atoms with Crippen molar-refractivity contribution in [1.29, 1.82) is 0 Å². The van der Waals surface area contributed by atoms with Crippen molar-refractivity contribution in [3.63, 3.8) is 0 Å². The third-order valence-electron chi connectivity index (χ3n) is 8.80. The highest BCUT2D eigenvalue weighted by molar-refractivity contribution is 5.77. The van der Waals surface area contributed by atoms with Gasteiger partial charge in [-0.1, -0.05) is 6.07 Å². The minimum Gasteiger partial charge on any atom is -0.486 e. The molecule has 1 amide bonds. The molecule has 1 aliphatic carbocycles. The third kappa shape index (κ3) is 6.02. The number of anilines is 1. The van der Waals surface area contributed by atoms with Crippen LogP contribution in [0.15, 0.2) is 30.3 Å². The molecule has 8 heteroatoms. The van der Waals surface area contributed by atoms with Gasteiger partial charge in [0.05, 0.1) is 6.04 Å². The monoisotopic (exact) mass is 537 g/mol. The molecule has 2 saturated heterocycles. The molecular weight excluding hydrogens is 497 g/mol. The van der Waals surface area contributed by atoms with Crippen molar-refractivity contribution >= 4 is 11.6 Å². The molecule has 4 aliphatic rings. The van der Waals surface area contributed by atoms with E-state index in [0.717, 1.165) is 51.9 Å². The maximum Gasteiger partial charge on any atom is 0.220 e. The Morgan fingerprint density at radius 3 is 2.67 bits per heavy atom. The number of aliphatic hydroxyl groups excluding tert-OH is 1. The SMILES string of the molecule is O=C(CC1CCN(c2ccc3c(c2)CCCC3)C1)NC(CN1CCCC1)C(O)c1cc(F)c2c(c1)OCCO2. The summed E-state index contributed by atoms with van der Waals surface area (Å²) in [6.07, 6.45) is 7.44. The number of carbonyl (C=O) groups excluding carboxylic acids is 1. The van der Waals surface area contributed by atoms with Gasteiger partial charge in [0.2, 0.25) is 5.91 Å². The first-order chi connectivity index (χ1) is 19.0. The number of benzene rings is 2. The van der Waals surface area contributed by atoms with Gasteiger partial charge in [0.25, 0.3) is 0 Å². The van der Waals surface area contributed by atoms with E-state index < -0.39 is 18.0 Å². The van der Waals surface area contributed by atoms with Crippen LogP contribution in [0.4, 0.5) is 10.1 Å². The molecule has 7 nitrogen and oxygen atoms in total. The normalized spacial score (nSPS) is 22.4. The van der Waals surface area contributed by atoms with Crippen LogP contribution in [0.5, 0.6) is 11.5 Å². The number of aliphatic hydroxyl groups is 1. The van der Waals surface area contributed by atoms with Crippen molar-refractivity contribution in [3.8, 4) is 11.5 Å². The molecule has 0 radical (unpaired) electrons. The lowest BCUT2D eigenvalue weighted by molar-refractivity contribution is -0.123. The second-order valence-electron chi connectivity index (χ2n) is 11.6. The first kappa shape index (κ1) is 26.4. The summed E-state index contributed by atoms with van der Waals surface area (Å²) in [4.78, 5) is 17.9. The molecule has 0 spiro atoms. The maximum absolute atomic E-state index is 14.7. The number of nitrogens with one attached hydrogen (secondary N) is 1. The Kier molecular flexibility index (Phi) is 7.93. The summed E-state index contributed by atoms with van der Waals surface area (Å²) in [5, 5.41) is 14.5. The van der Waals surface area contributed by atoms with Crippen LogP contribution in [-0.2, 0) is 17.6 Å². The van der Waals surface area contributed by atoms with Gasteiger partial charge in [-0.3, -0.25) is 4.79 Å². The standard InChI is InChI=1S/C31H40FN3O4/c32-26-17-24(18-28-31(26)39-14-13-38-28)30(37)27(20-34-10-3-4-11-34)33-29(36)15-21-9-12-35(19-21)25-8-7-22-5-1-2-6-23(22)16-25/h7-8,16-18,21,27,30,37H,1-6,9-15,19-20H2,(H,33,36). The summed E-state index contributed by atoms with van der Waals surface area (Å²) in [6, 6.07) is 9.27. The topological polar surface area (TPSA) is 74.3 Å². The molecule has 0 bridgehead atoms. The average molecular weight is 538 g/mol. The van der Waals surface area contributed by atoms with Crippen molar-refractivity contribution < 1.29 is 23.8 Å². The van der Waals surface area contributed by atoms with E-state index >= 15 is 0 Å². The van der Waals surface area contributed by atoms with Gasteiger partial charge in [-0.05, 0) is 105 Å². The lowest BCUT2D eigenvalue weighted by Gasteiger charge is -2.30. The van der Waals surface area contributed by atoms with E-state index in [1.807, 2.05) is 0 Å². The number of aryl methyl sites for hydroxylation is 2. The van der Waals surface area contributed by atoms with Gasteiger partial charge < -0.3 is 29.7 Å². The molecule has 0 aromatic heterocycles. The fraction of sp³-hybridized carbons (Fsp3) is 0.581. The predicted octanol–water partition coefficient (Wildman–Crippen LogP) is 4.01. The van der Waals surface area contributed by atoms with Crippen LogP contribution in [0.1, 0.15) is 61.3 Å². The molecule has 3 heterocycles. The van der Waals surface area contributed by atoms with E-state index in [1.165, 1.54) is 42.1 Å². The van der Waals surface area contributed by atoms with Gasteiger partial charge in [0.1, 0.15) is 19.3 Å². The Bertz CT molecular complexity index is 1180. The Labute approximate surface area is 230 Å². The number of halogens is 1. The molecule has 6 rings (SSSR count). The van der Waals surface area contributed by atoms with E-state index in [9.17, 15) is 14.3 Å². The van der Waals surface area contributed by atoms with E-state index in [2.05, 4.69) is 33.3 Å². The van der Waals surface area contributed by atoms with Crippen molar-refractivity contribution in [2.24, 2.45) is 5.92 Å². The number of amides is 1. The van der Waals surface area contributed by atoms with Crippen molar-refractivity contribution in [2.75, 3.05) is 50.8 Å². The summed E-state index contributed by atoms with van der Waals surface area (Å²) >= 11 is 0. The first-order valence-electron chi connectivity index (χ1n) is 14.7. The molecule has 3 atom stereocenters. The molecule has 2 N–H and O–H groups in total. The third-order valence-corrected chi connectivity index (χ3v) is 8.80. The Morgan fingerprint density at radius 2 is 1.82 bits per heavy atom. The lowest BCUT2D eigenvalue weighted by atomic mass is 9.91. The average Bonchev–Trinajstić information content (AvgIpc) is 3.64. The van der Waals surface area contributed by atoms with Crippen LogP contribution in [0, 0.1) is 11.7 Å². The lowest BCUT2D eigenvalue weighted by Crippen LogP contribution is -2.47. The van der Waals surface area contributed by atoms with Gasteiger partial charge >= 0.3 is 0 Å². The fourth-order valence-corrected chi connectivity index (χ4v) is 6.68. The number of ether oxygens (including phenoxy) is 2. The smallest absolute Gasteiger partial charge is 0.220 e. The van der Waals surface area contributed by atoms with Crippen LogP contribution >= 0.6 is 0 Å².